The van der Waals surface area contributed by atoms with Crippen molar-refractivity contribution < 1.29 is 9.84 Å². The van der Waals surface area contributed by atoms with Crippen LogP contribution >= 0.6 is 0 Å². The lowest BCUT2D eigenvalue weighted by Crippen LogP contribution is -2.19. The van der Waals surface area contributed by atoms with Gasteiger partial charge >= 0.3 is 0 Å². The molecule has 0 aliphatic rings. The van der Waals surface area contributed by atoms with Gasteiger partial charge in [-0.25, -0.2) is 0 Å². The maximum atomic E-state index is 9.98. The molecule has 0 spiro atoms. The van der Waals surface area contributed by atoms with Gasteiger partial charge in [0.05, 0.1) is 12.7 Å². The minimum Gasteiger partial charge on any atom is -0.390 e. The Balaban J connectivity index is 1.88. The summed E-state index contributed by atoms with van der Waals surface area (Å²) in [4.78, 5) is 0. The summed E-state index contributed by atoms with van der Waals surface area (Å²) in [6.07, 6.45) is 0.194. The molecule has 2 rings (SSSR count). The second kappa shape index (κ2) is 7.96. The second-order valence-electron chi connectivity index (χ2n) is 5.85. The number of benzene rings is 2. The normalized spacial score (nSPS) is 12.6. The van der Waals surface area contributed by atoms with Gasteiger partial charge in [0.1, 0.15) is 0 Å². The zero-order valence-corrected chi connectivity index (χ0v) is 12.8. The first-order chi connectivity index (χ1) is 10.1. The standard InChI is InChI=1S/C19H24O2/c1-15(2)13-21-14-19(20)12-16-8-10-18(11-9-16)17-6-4-3-5-7-17/h3-11,15,19-20H,12-14H2,1-2H3/t19-/m0/s1. The number of aliphatic hydroxyl groups excluding tert-OH is 1. The highest BCUT2D eigenvalue weighted by molar-refractivity contribution is 5.63. The molecule has 0 heterocycles. The average molecular weight is 284 g/mol. The third-order valence-electron chi connectivity index (χ3n) is 3.29. The van der Waals surface area contributed by atoms with Gasteiger partial charge in [0.25, 0.3) is 0 Å². The van der Waals surface area contributed by atoms with Crippen molar-refractivity contribution >= 4 is 0 Å². The minimum absolute atomic E-state index is 0.401. The predicted octanol–water partition coefficient (Wildman–Crippen LogP) is 3.93. The van der Waals surface area contributed by atoms with Crippen LogP contribution in [0.15, 0.2) is 54.6 Å². The van der Waals surface area contributed by atoms with Crippen LogP contribution < -0.4 is 0 Å². The van der Waals surface area contributed by atoms with Gasteiger partial charge in [-0.15, -0.1) is 0 Å². The molecule has 0 saturated carbocycles. The molecule has 1 N–H and O–H groups in total. The average Bonchev–Trinajstić information content (AvgIpc) is 2.48. The Morgan fingerprint density at radius 1 is 0.857 bits per heavy atom. The third kappa shape index (κ3) is 5.33. The van der Waals surface area contributed by atoms with Crippen molar-refractivity contribution in [3.8, 4) is 11.1 Å². The number of hydrogen-bond donors (Lipinski definition) is 1. The minimum atomic E-state index is -0.439. The number of ether oxygens (including phenoxy) is 1. The summed E-state index contributed by atoms with van der Waals surface area (Å²) in [6.45, 7) is 5.31. The maximum absolute atomic E-state index is 9.98. The molecule has 2 nitrogen and oxygen atoms in total. The molecule has 1 atom stereocenters. The Bertz CT molecular complexity index is 517. The molecular formula is C19H24O2. The zero-order valence-electron chi connectivity index (χ0n) is 12.8. The van der Waals surface area contributed by atoms with Crippen LogP contribution in [-0.4, -0.2) is 24.4 Å². The SMILES string of the molecule is CC(C)COC[C@@H](O)Cc1ccc(-c2ccccc2)cc1. The first-order valence-electron chi connectivity index (χ1n) is 7.55. The van der Waals surface area contributed by atoms with Crippen LogP contribution in [0.3, 0.4) is 0 Å². The summed E-state index contributed by atoms with van der Waals surface area (Å²) >= 11 is 0. The fraction of sp³-hybridized carbons (Fsp3) is 0.368. The van der Waals surface area contributed by atoms with E-state index in [0.29, 0.717) is 25.6 Å². The molecule has 21 heavy (non-hydrogen) atoms. The van der Waals surface area contributed by atoms with E-state index < -0.39 is 6.10 Å². The van der Waals surface area contributed by atoms with Crippen LogP contribution in [0.5, 0.6) is 0 Å². The maximum Gasteiger partial charge on any atom is 0.0813 e. The molecule has 2 aromatic rings. The van der Waals surface area contributed by atoms with Gasteiger partial charge in [0.15, 0.2) is 0 Å². The van der Waals surface area contributed by atoms with Crippen molar-refractivity contribution in [2.24, 2.45) is 5.92 Å². The Kier molecular flexibility index (Phi) is 5.97. The first kappa shape index (κ1) is 15.7. The predicted molar refractivity (Wildman–Crippen MR) is 87.2 cm³/mol. The molecule has 0 amide bonds. The van der Waals surface area contributed by atoms with E-state index in [2.05, 4.69) is 50.2 Å². The molecule has 0 unspecified atom stereocenters. The molecule has 0 bridgehead atoms. The van der Waals surface area contributed by atoms with Crippen LogP contribution in [0.25, 0.3) is 11.1 Å². The Morgan fingerprint density at radius 3 is 2.10 bits per heavy atom. The van der Waals surface area contributed by atoms with Crippen molar-refractivity contribution in [3.05, 3.63) is 60.2 Å². The van der Waals surface area contributed by atoms with Crippen LogP contribution in [0.4, 0.5) is 0 Å². The molecule has 0 saturated heterocycles. The molecule has 0 fully saturated rings. The summed E-state index contributed by atoms with van der Waals surface area (Å²) in [5.41, 5.74) is 3.55. The van der Waals surface area contributed by atoms with Gasteiger partial charge in [-0.05, 0) is 22.6 Å². The van der Waals surface area contributed by atoms with Crippen molar-refractivity contribution in [1.29, 1.82) is 0 Å². The van der Waals surface area contributed by atoms with Crippen LogP contribution in [0.2, 0.25) is 0 Å². The molecule has 0 aliphatic carbocycles. The van der Waals surface area contributed by atoms with E-state index in [0.717, 1.165) is 5.56 Å². The van der Waals surface area contributed by atoms with E-state index >= 15 is 0 Å². The van der Waals surface area contributed by atoms with Crippen molar-refractivity contribution in [2.75, 3.05) is 13.2 Å². The van der Waals surface area contributed by atoms with Crippen molar-refractivity contribution in [1.82, 2.24) is 0 Å². The molecular weight excluding hydrogens is 260 g/mol. The molecule has 0 radical (unpaired) electrons. The van der Waals surface area contributed by atoms with Crippen LogP contribution in [0, 0.1) is 5.92 Å². The smallest absolute Gasteiger partial charge is 0.0813 e. The number of aliphatic hydroxyl groups is 1. The van der Waals surface area contributed by atoms with Crippen molar-refractivity contribution in [2.45, 2.75) is 26.4 Å². The summed E-state index contributed by atoms with van der Waals surface area (Å²) in [6, 6.07) is 18.7. The van der Waals surface area contributed by atoms with Crippen LogP contribution in [-0.2, 0) is 11.2 Å². The fourth-order valence-corrected chi connectivity index (χ4v) is 2.23. The van der Waals surface area contributed by atoms with Gasteiger partial charge in [-0.3, -0.25) is 0 Å². The lowest BCUT2D eigenvalue weighted by molar-refractivity contribution is 0.0261. The zero-order chi connectivity index (χ0) is 15.1. The summed E-state index contributed by atoms with van der Waals surface area (Å²) in [5, 5.41) is 9.98. The van der Waals surface area contributed by atoms with Gasteiger partial charge in [0, 0.05) is 13.0 Å². The molecule has 2 heteroatoms. The number of hydrogen-bond acceptors (Lipinski definition) is 2. The van der Waals surface area contributed by atoms with E-state index in [9.17, 15) is 5.11 Å². The summed E-state index contributed by atoms with van der Waals surface area (Å²) in [5.74, 6) is 0.502. The lowest BCUT2D eigenvalue weighted by atomic mass is 10.0. The highest BCUT2D eigenvalue weighted by Crippen LogP contribution is 2.19. The Labute approximate surface area is 127 Å². The molecule has 2 aromatic carbocycles. The lowest BCUT2D eigenvalue weighted by Gasteiger charge is -2.13. The fourth-order valence-electron chi connectivity index (χ4n) is 2.23. The highest BCUT2D eigenvalue weighted by atomic mass is 16.5. The Morgan fingerprint density at radius 2 is 1.48 bits per heavy atom. The first-order valence-corrected chi connectivity index (χ1v) is 7.55. The van der Waals surface area contributed by atoms with Gasteiger partial charge < -0.3 is 9.84 Å². The van der Waals surface area contributed by atoms with E-state index in [1.54, 1.807) is 0 Å². The molecule has 112 valence electrons. The monoisotopic (exact) mass is 284 g/mol. The van der Waals surface area contributed by atoms with Crippen molar-refractivity contribution in [3.63, 3.8) is 0 Å². The summed E-state index contributed by atoms with van der Waals surface area (Å²) in [7, 11) is 0. The number of rotatable bonds is 7. The van der Waals surface area contributed by atoms with Gasteiger partial charge in [-0.1, -0.05) is 68.4 Å². The third-order valence-corrected chi connectivity index (χ3v) is 3.29. The second-order valence-corrected chi connectivity index (χ2v) is 5.85. The van der Waals surface area contributed by atoms with Gasteiger partial charge in [-0.2, -0.15) is 0 Å². The van der Waals surface area contributed by atoms with Crippen LogP contribution in [0.1, 0.15) is 19.4 Å². The quantitative estimate of drug-likeness (QED) is 0.834. The molecule has 0 aliphatic heterocycles. The van der Waals surface area contributed by atoms with E-state index in [-0.39, 0.29) is 0 Å². The Hall–Kier alpha value is -1.64. The largest absolute Gasteiger partial charge is 0.390 e. The summed E-state index contributed by atoms with van der Waals surface area (Å²) < 4.78 is 5.47. The molecule has 0 aromatic heterocycles. The van der Waals surface area contributed by atoms with E-state index in [4.69, 9.17) is 4.74 Å². The topological polar surface area (TPSA) is 29.5 Å². The highest BCUT2D eigenvalue weighted by Gasteiger charge is 2.07. The van der Waals surface area contributed by atoms with E-state index in [1.807, 2.05) is 18.2 Å². The van der Waals surface area contributed by atoms with E-state index in [1.165, 1.54) is 11.1 Å². The van der Waals surface area contributed by atoms with Gasteiger partial charge in [0.2, 0.25) is 0 Å².